The monoisotopic (exact) mass is 585 g/mol. The molecule has 3 aliphatic rings. The maximum atomic E-state index is 13.8. The summed E-state index contributed by atoms with van der Waals surface area (Å²) in [7, 11) is 6.49. The molecule has 3 unspecified atom stereocenters. The summed E-state index contributed by atoms with van der Waals surface area (Å²) in [6, 6.07) is 5.73. The molecule has 42 heavy (non-hydrogen) atoms. The van der Waals surface area contributed by atoms with Crippen LogP contribution in [0, 0.1) is 11.3 Å². The van der Waals surface area contributed by atoms with Crippen molar-refractivity contribution in [3.8, 4) is 5.75 Å². The number of likely N-dealkylation sites (tertiary alicyclic amines) is 2. The number of carbonyl (C=O) groups excluding carboxylic acids is 2. The maximum absolute atomic E-state index is 13.8. The molecule has 1 aromatic rings. The van der Waals surface area contributed by atoms with E-state index in [0.717, 1.165) is 66.6 Å². The highest BCUT2D eigenvalue weighted by atomic mass is 16.5. The number of quaternary nitrogens is 1. The summed E-state index contributed by atoms with van der Waals surface area (Å²) in [5, 5.41) is 10.6. The minimum atomic E-state index is -0.837. The Labute approximate surface area is 252 Å². The van der Waals surface area contributed by atoms with Gasteiger partial charge in [-0.2, -0.15) is 0 Å². The number of benzene rings is 1. The number of carboxylic acids is 1. The molecule has 1 aromatic carbocycles. The second-order valence-corrected chi connectivity index (χ2v) is 14.2. The van der Waals surface area contributed by atoms with Crippen LogP contribution in [0.5, 0.6) is 5.75 Å². The molecule has 9 nitrogen and oxygen atoms in total. The number of carboxylic acid groups (broad SMARTS) is 1. The second kappa shape index (κ2) is 13.3. The molecule has 4 rings (SSSR count). The number of unbranched alkanes of at least 4 members (excludes halogenated alkanes) is 1. The molecule has 3 aliphatic heterocycles. The predicted molar refractivity (Wildman–Crippen MR) is 163 cm³/mol. The van der Waals surface area contributed by atoms with Crippen LogP contribution >= 0.6 is 0 Å². The summed E-state index contributed by atoms with van der Waals surface area (Å²) < 4.78 is 6.55. The molecule has 0 aromatic heterocycles. The third kappa shape index (κ3) is 7.64. The van der Waals surface area contributed by atoms with E-state index < -0.39 is 11.9 Å². The fourth-order valence-electron chi connectivity index (χ4n) is 6.90. The van der Waals surface area contributed by atoms with E-state index in [1.54, 1.807) is 0 Å². The predicted octanol–water partition coefficient (Wildman–Crippen LogP) is 3.46. The minimum Gasteiger partial charge on any atom is -0.493 e. The van der Waals surface area contributed by atoms with Crippen LogP contribution in [0.3, 0.4) is 0 Å². The molecule has 0 radical (unpaired) electrons. The Morgan fingerprint density at radius 1 is 1.17 bits per heavy atom. The van der Waals surface area contributed by atoms with E-state index in [1.165, 1.54) is 0 Å². The molecule has 2 saturated heterocycles. The van der Waals surface area contributed by atoms with Gasteiger partial charge >= 0.3 is 5.97 Å². The van der Waals surface area contributed by atoms with Crippen LogP contribution in [-0.2, 0) is 20.8 Å². The van der Waals surface area contributed by atoms with Gasteiger partial charge in [-0.3, -0.25) is 19.3 Å². The van der Waals surface area contributed by atoms with E-state index in [9.17, 15) is 19.5 Å². The lowest BCUT2D eigenvalue weighted by Crippen LogP contribution is -2.46. The van der Waals surface area contributed by atoms with E-state index in [4.69, 9.17) is 4.74 Å². The lowest BCUT2D eigenvalue weighted by Gasteiger charge is -2.31. The lowest BCUT2D eigenvalue weighted by molar-refractivity contribution is -0.870. The van der Waals surface area contributed by atoms with Gasteiger partial charge in [0, 0.05) is 62.9 Å². The number of hydrogen-bond acceptors (Lipinski definition) is 5. The number of ether oxygens (including phenoxy) is 1. The second-order valence-electron chi connectivity index (χ2n) is 14.2. The molecule has 2 fully saturated rings. The molecule has 3 heterocycles. The van der Waals surface area contributed by atoms with E-state index in [1.807, 2.05) is 35.8 Å². The van der Waals surface area contributed by atoms with Gasteiger partial charge in [0.25, 0.3) is 0 Å². The number of hydrogen-bond donors (Lipinski definition) is 1. The molecule has 234 valence electrons. The largest absolute Gasteiger partial charge is 0.493 e. The molecule has 0 spiro atoms. The van der Waals surface area contributed by atoms with Gasteiger partial charge in [0.2, 0.25) is 11.8 Å². The number of amides is 2. The van der Waals surface area contributed by atoms with Gasteiger partial charge < -0.3 is 24.1 Å². The minimum absolute atomic E-state index is 0.0698. The number of rotatable bonds is 14. The first-order valence-electron chi connectivity index (χ1n) is 15.9. The first-order chi connectivity index (χ1) is 19.8. The van der Waals surface area contributed by atoms with E-state index in [2.05, 4.69) is 39.0 Å². The normalized spacial score (nSPS) is 23.7. The van der Waals surface area contributed by atoms with Crippen molar-refractivity contribution in [2.75, 3.05) is 73.6 Å². The smallest absolute Gasteiger partial charge is 0.308 e. The first kappa shape index (κ1) is 32.3. The van der Waals surface area contributed by atoms with Crippen LogP contribution in [0.15, 0.2) is 18.2 Å². The molecule has 0 aliphatic carbocycles. The van der Waals surface area contributed by atoms with E-state index in [0.29, 0.717) is 39.2 Å². The molecule has 3 atom stereocenters. The Balaban J connectivity index is 1.56. The van der Waals surface area contributed by atoms with Crippen molar-refractivity contribution in [3.63, 3.8) is 0 Å². The number of carbonyl (C=O) groups is 3. The number of aliphatic carboxylic acids is 1. The SMILES string of the molecule is CCCCN(CCC[N+](C)(C)C)C(=O)CN1CC(c2ccc3c(c2)CCO3)C(C(=O)O)C1CCN1CCC(C)(C)C1=O. The van der Waals surface area contributed by atoms with Crippen LogP contribution in [0.2, 0.25) is 0 Å². The summed E-state index contributed by atoms with van der Waals surface area (Å²) in [4.78, 5) is 45.7. The molecular formula is C33H53N4O5+. The topological polar surface area (TPSA) is 90.4 Å². The summed E-state index contributed by atoms with van der Waals surface area (Å²) >= 11 is 0. The average molecular weight is 586 g/mol. The molecule has 1 N–H and O–H groups in total. The Bertz CT molecular complexity index is 1130. The van der Waals surface area contributed by atoms with Gasteiger partial charge in [0.05, 0.1) is 46.8 Å². The molecule has 9 heteroatoms. The van der Waals surface area contributed by atoms with Crippen molar-refractivity contribution in [3.05, 3.63) is 29.3 Å². The Hall–Kier alpha value is -2.65. The van der Waals surface area contributed by atoms with Gasteiger partial charge in [-0.05, 0) is 36.5 Å². The van der Waals surface area contributed by atoms with Gasteiger partial charge in [-0.25, -0.2) is 0 Å². The van der Waals surface area contributed by atoms with Crippen molar-refractivity contribution in [1.29, 1.82) is 0 Å². The van der Waals surface area contributed by atoms with Crippen LogP contribution < -0.4 is 4.74 Å². The number of nitrogens with zero attached hydrogens (tertiary/aromatic N) is 4. The standard InChI is InChI=1S/C33H52N4O5/c1-7-8-15-34(16-9-19-37(4,5)6)29(38)23-36-22-26(24-10-11-28-25(21-24)13-20-42-28)30(31(39)40)27(36)12-17-35-18-14-33(2,3)32(35)41/h10-11,21,26-27,30H,7-9,12-20,22-23H2,1-6H3/p+1. The highest BCUT2D eigenvalue weighted by Crippen LogP contribution is 2.41. The summed E-state index contributed by atoms with van der Waals surface area (Å²) in [6.07, 6.45) is 5.05. The summed E-state index contributed by atoms with van der Waals surface area (Å²) in [5.41, 5.74) is 1.74. The Kier molecular flexibility index (Phi) is 10.2. The van der Waals surface area contributed by atoms with Crippen molar-refractivity contribution in [2.45, 2.75) is 71.3 Å². The zero-order chi connectivity index (χ0) is 30.7. The van der Waals surface area contributed by atoms with Crippen LogP contribution in [0.1, 0.15) is 69.9 Å². The van der Waals surface area contributed by atoms with Crippen molar-refractivity contribution in [2.24, 2.45) is 11.3 Å². The molecule has 2 amide bonds. The van der Waals surface area contributed by atoms with Crippen LogP contribution in [0.4, 0.5) is 0 Å². The Morgan fingerprint density at radius 2 is 1.90 bits per heavy atom. The third-order valence-electron chi connectivity index (χ3n) is 9.47. The fourth-order valence-corrected chi connectivity index (χ4v) is 6.90. The molecular weight excluding hydrogens is 532 g/mol. The van der Waals surface area contributed by atoms with Crippen molar-refractivity contribution in [1.82, 2.24) is 14.7 Å². The molecule has 0 bridgehead atoms. The highest BCUT2D eigenvalue weighted by Gasteiger charge is 2.48. The van der Waals surface area contributed by atoms with Gasteiger partial charge in [-0.15, -0.1) is 0 Å². The van der Waals surface area contributed by atoms with Crippen molar-refractivity contribution < 1.29 is 28.7 Å². The third-order valence-corrected chi connectivity index (χ3v) is 9.47. The highest BCUT2D eigenvalue weighted by molar-refractivity contribution is 5.84. The zero-order valence-corrected chi connectivity index (χ0v) is 26.7. The average Bonchev–Trinajstić information content (AvgIpc) is 3.60. The first-order valence-corrected chi connectivity index (χ1v) is 15.9. The van der Waals surface area contributed by atoms with Gasteiger partial charge in [0.1, 0.15) is 5.75 Å². The van der Waals surface area contributed by atoms with E-state index in [-0.39, 0.29) is 35.7 Å². The quantitative estimate of drug-likeness (QED) is 0.337. The summed E-state index contributed by atoms with van der Waals surface area (Å²) in [5.74, 6) is -0.655. The maximum Gasteiger partial charge on any atom is 0.308 e. The van der Waals surface area contributed by atoms with Crippen molar-refractivity contribution >= 4 is 17.8 Å². The van der Waals surface area contributed by atoms with Crippen LogP contribution in [0.25, 0.3) is 0 Å². The Morgan fingerprint density at radius 3 is 2.55 bits per heavy atom. The zero-order valence-electron chi connectivity index (χ0n) is 26.7. The number of fused-ring (bicyclic) bond motifs is 1. The van der Waals surface area contributed by atoms with Crippen LogP contribution in [-0.4, -0.2) is 122 Å². The lowest BCUT2D eigenvalue weighted by atomic mass is 9.83. The molecule has 0 saturated carbocycles. The van der Waals surface area contributed by atoms with E-state index >= 15 is 0 Å². The summed E-state index contributed by atoms with van der Waals surface area (Å²) in [6.45, 7) is 11.1. The van der Waals surface area contributed by atoms with Gasteiger partial charge in [-0.1, -0.05) is 39.3 Å². The fraction of sp³-hybridized carbons (Fsp3) is 0.727. The van der Waals surface area contributed by atoms with Gasteiger partial charge in [0.15, 0.2) is 0 Å².